The zero-order chi connectivity index (χ0) is 40.1. The summed E-state index contributed by atoms with van der Waals surface area (Å²) in [7, 11) is -15.9. The van der Waals surface area contributed by atoms with E-state index in [2.05, 4.69) is 206 Å². The lowest BCUT2D eigenvalue weighted by Crippen LogP contribution is -2.32. The molecular formula is C44H38B2F8P2. The fourth-order valence-corrected chi connectivity index (χ4v) is 15.3. The Morgan fingerprint density at radius 3 is 0.536 bits per heavy atom. The molecule has 7 aromatic rings. The maximum absolute atomic E-state index is 9.75. The van der Waals surface area contributed by atoms with Crippen LogP contribution in [-0.4, -0.2) is 14.5 Å². The molecule has 286 valence electrons. The largest absolute Gasteiger partial charge is 0.673 e. The molecule has 0 atom stereocenters. The Balaban J connectivity index is 0.000000536. The predicted octanol–water partition coefficient (Wildman–Crippen LogP) is 11.3. The standard InChI is InChI=1S/C44H38P2.2BF4/c1-7-19-39(20-8-1)45(40-21-9-2-10-22-40,41-23-11-3-12-24-41)35-37-31-33-38(34-32-37)36-46(42-25-13-4-14-26-42,43-27-15-5-16-28-43)44-29-17-6-18-30-44;2*2-1(3,4)5/h1-34H,35-36H2;;/q+2;2*-1. The van der Waals surface area contributed by atoms with E-state index in [1.54, 1.807) is 0 Å². The molecule has 0 aliphatic heterocycles. The van der Waals surface area contributed by atoms with Crippen molar-refractivity contribution >= 4 is 60.9 Å². The Labute approximate surface area is 324 Å². The Bertz CT molecular complexity index is 1810. The van der Waals surface area contributed by atoms with E-state index < -0.39 is 29.0 Å². The molecule has 0 N–H and O–H groups in total. The molecule has 0 saturated heterocycles. The molecule has 56 heavy (non-hydrogen) atoms. The van der Waals surface area contributed by atoms with Gasteiger partial charge in [-0.25, -0.2) is 0 Å². The minimum Gasteiger partial charge on any atom is -0.418 e. The van der Waals surface area contributed by atoms with Gasteiger partial charge in [0.05, 0.1) is 12.3 Å². The summed E-state index contributed by atoms with van der Waals surface area (Å²) >= 11 is 0. The van der Waals surface area contributed by atoms with Gasteiger partial charge in [-0.2, -0.15) is 0 Å². The highest BCUT2D eigenvalue weighted by molar-refractivity contribution is 7.95. The van der Waals surface area contributed by atoms with Crippen LogP contribution in [0.5, 0.6) is 0 Å². The van der Waals surface area contributed by atoms with Crippen LogP contribution in [0, 0.1) is 0 Å². The Kier molecular flexibility index (Phi) is 14.5. The highest BCUT2D eigenvalue weighted by atomic mass is 31.2. The smallest absolute Gasteiger partial charge is 0.418 e. The minimum absolute atomic E-state index is 0.974. The predicted molar refractivity (Wildman–Crippen MR) is 225 cm³/mol. The molecule has 0 aliphatic rings. The molecule has 0 aromatic heterocycles. The molecular weight excluding hydrogens is 764 g/mol. The van der Waals surface area contributed by atoms with Crippen molar-refractivity contribution in [2.45, 2.75) is 12.3 Å². The fraction of sp³-hybridized carbons (Fsp3) is 0.0455. The molecule has 12 heteroatoms. The molecule has 7 aromatic carbocycles. The number of halogens is 8. The van der Waals surface area contributed by atoms with Gasteiger partial charge in [-0.1, -0.05) is 133 Å². The van der Waals surface area contributed by atoms with E-state index in [1.165, 1.54) is 43.0 Å². The molecule has 0 radical (unpaired) electrons. The number of hydrogen-bond donors (Lipinski definition) is 0. The summed E-state index contributed by atoms with van der Waals surface area (Å²) in [4.78, 5) is 0. The van der Waals surface area contributed by atoms with Gasteiger partial charge in [-0.05, 0) is 83.9 Å². The lowest BCUT2D eigenvalue weighted by Gasteiger charge is -2.29. The van der Waals surface area contributed by atoms with Gasteiger partial charge in [0, 0.05) is 0 Å². The summed E-state index contributed by atoms with van der Waals surface area (Å²) in [5, 5.41) is 8.49. The monoisotopic (exact) mass is 802 g/mol. The summed E-state index contributed by atoms with van der Waals surface area (Å²) in [6, 6.07) is 76.7. The van der Waals surface area contributed by atoms with Crippen molar-refractivity contribution < 1.29 is 34.5 Å². The molecule has 0 fully saturated rings. The first kappa shape index (κ1) is 42.1. The zero-order valence-corrected chi connectivity index (χ0v) is 31.9. The Morgan fingerprint density at radius 1 is 0.250 bits per heavy atom. The van der Waals surface area contributed by atoms with E-state index in [4.69, 9.17) is 0 Å². The SMILES string of the molecule is F[B-](F)(F)F.F[B-](F)(F)F.c1ccc([P+](Cc2ccc(C[P+](c3ccccc3)(c3ccccc3)c3ccccc3)cc2)(c2ccccc2)c2ccccc2)cc1. The van der Waals surface area contributed by atoms with Gasteiger partial charge in [0.1, 0.15) is 46.4 Å². The van der Waals surface area contributed by atoms with Gasteiger partial charge in [0.25, 0.3) is 0 Å². The van der Waals surface area contributed by atoms with Crippen molar-refractivity contribution in [2.24, 2.45) is 0 Å². The molecule has 0 spiro atoms. The van der Waals surface area contributed by atoms with Gasteiger partial charge in [-0.15, -0.1) is 0 Å². The minimum atomic E-state index is -6.00. The van der Waals surface area contributed by atoms with E-state index >= 15 is 0 Å². The number of benzene rings is 7. The lowest BCUT2D eigenvalue weighted by atomic mass is 10.2. The van der Waals surface area contributed by atoms with E-state index in [1.807, 2.05) is 0 Å². The first-order valence-corrected chi connectivity index (χ1v) is 21.7. The Morgan fingerprint density at radius 2 is 0.393 bits per heavy atom. The molecule has 0 unspecified atom stereocenters. The van der Waals surface area contributed by atoms with Crippen LogP contribution in [0.25, 0.3) is 0 Å². The van der Waals surface area contributed by atoms with E-state index in [0.29, 0.717) is 0 Å². The molecule has 0 bridgehead atoms. The topological polar surface area (TPSA) is 0 Å². The van der Waals surface area contributed by atoms with Crippen LogP contribution in [0.3, 0.4) is 0 Å². The van der Waals surface area contributed by atoms with Gasteiger partial charge in [-0.3, -0.25) is 0 Å². The third-order valence-electron chi connectivity index (χ3n) is 9.04. The summed E-state index contributed by atoms with van der Waals surface area (Å²) in [5.74, 6) is 0. The van der Waals surface area contributed by atoms with Crippen molar-refractivity contribution in [1.82, 2.24) is 0 Å². The second-order valence-electron chi connectivity index (χ2n) is 12.8. The number of rotatable bonds is 10. The van der Waals surface area contributed by atoms with Gasteiger partial charge in [0.15, 0.2) is 0 Å². The van der Waals surface area contributed by atoms with Crippen LogP contribution in [0.2, 0.25) is 0 Å². The highest BCUT2D eigenvalue weighted by Gasteiger charge is 2.47. The summed E-state index contributed by atoms with van der Waals surface area (Å²) in [5.41, 5.74) is 2.74. The van der Waals surface area contributed by atoms with Gasteiger partial charge < -0.3 is 34.5 Å². The second-order valence-corrected chi connectivity index (χ2v) is 19.7. The van der Waals surface area contributed by atoms with E-state index in [9.17, 15) is 34.5 Å². The normalized spacial score (nSPS) is 11.7. The van der Waals surface area contributed by atoms with Gasteiger partial charge in [0.2, 0.25) is 0 Å². The molecule has 0 nitrogen and oxygen atoms in total. The fourth-order valence-electron chi connectivity index (χ4n) is 6.83. The zero-order valence-electron chi connectivity index (χ0n) is 30.1. The molecule has 0 heterocycles. The Hall–Kier alpha value is -5.03. The number of hydrogen-bond acceptors (Lipinski definition) is 0. The van der Waals surface area contributed by atoms with Crippen LogP contribution < -0.4 is 31.8 Å². The van der Waals surface area contributed by atoms with Crippen molar-refractivity contribution in [3.63, 3.8) is 0 Å². The van der Waals surface area contributed by atoms with Crippen LogP contribution in [0.4, 0.5) is 34.5 Å². The van der Waals surface area contributed by atoms with Crippen LogP contribution in [0.15, 0.2) is 206 Å². The maximum atomic E-state index is 9.75. The quantitative estimate of drug-likeness (QED) is 0.0734. The van der Waals surface area contributed by atoms with Crippen LogP contribution >= 0.6 is 14.5 Å². The molecule has 0 saturated carbocycles. The molecule has 7 rings (SSSR count). The first-order valence-electron chi connectivity index (χ1n) is 17.7. The molecule has 0 amide bonds. The lowest BCUT2D eigenvalue weighted by molar-refractivity contribution is 0.366. The third-order valence-corrected chi connectivity index (χ3v) is 17.8. The summed E-state index contributed by atoms with van der Waals surface area (Å²) in [6.07, 6.45) is 1.95. The highest BCUT2D eigenvalue weighted by Crippen LogP contribution is 2.59. The first-order chi connectivity index (χ1) is 26.8. The second kappa shape index (κ2) is 19.2. The summed E-state index contributed by atoms with van der Waals surface area (Å²) < 4.78 is 78.0. The average molecular weight is 802 g/mol. The van der Waals surface area contributed by atoms with Crippen molar-refractivity contribution in [2.75, 3.05) is 0 Å². The van der Waals surface area contributed by atoms with Gasteiger partial charge >= 0.3 is 14.5 Å². The molecule has 0 aliphatic carbocycles. The van der Waals surface area contributed by atoms with Crippen LogP contribution in [-0.2, 0) is 12.3 Å². The van der Waals surface area contributed by atoms with Crippen LogP contribution in [0.1, 0.15) is 11.1 Å². The van der Waals surface area contributed by atoms with Crippen molar-refractivity contribution in [3.8, 4) is 0 Å². The van der Waals surface area contributed by atoms with E-state index in [-0.39, 0.29) is 0 Å². The van der Waals surface area contributed by atoms with E-state index in [0.717, 1.165) is 12.3 Å². The maximum Gasteiger partial charge on any atom is 0.673 e. The van der Waals surface area contributed by atoms with Crippen molar-refractivity contribution in [1.29, 1.82) is 0 Å². The average Bonchev–Trinajstić information content (AvgIpc) is 3.20. The third kappa shape index (κ3) is 11.5. The summed E-state index contributed by atoms with van der Waals surface area (Å²) in [6.45, 7) is 0. The van der Waals surface area contributed by atoms with Crippen molar-refractivity contribution in [3.05, 3.63) is 217 Å².